The number of aliphatic hydroxyl groups excluding tert-OH is 3. The Bertz CT molecular complexity index is 120. The molecule has 4 atom stereocenters. The summed E-state index contributed by atoms with van der Waals surface area (Å²) in [6.07, 6.45) is -5.82. The summed E-state index contributed by atoms with van der Waals surface area (Å²) in [6, 6.07) is 0. The highest BCUT2D eigenvalue weighted by Gasteiger charge is 2.42. The predicted molar refractivity (Wildman–Crippen MR) is 28.9 cm³/mol. The summed E-state index contributed by atoms with van der Waals surface area (Å²) in [5.74, 6) is 0. The SMILES string of the molecule is OC[C@H]1O[C@@H](O)[C@@H](O)[C@H]1F. The molecule has 4 nitrogen and oxygen atoms in total. The van der Waals surface area contributed by atoms with Gasteiger partial charge in [-0.05, 0) is 0 Å². The van der Waals surface area contributed by atoms with E-state index in [-0.39, 0.29) is 0 Å². The zero-order valence-electron chi connectivity index (χ0n) is 5.14. The quantitative estimate of drug-likeness (QED) is 0.423. The first kappa shape index (κ1) is 7.87. The monoisotopic (exact) mass is 152 g/mol. The number of alkyl halides is 1. The number of ether oxygens (including phenoxy) is 1. The smallest absolute Gasteiger partial charge is 0.184 e. The minimum absolute atomic E-state index is 0.532. The fraction of sp³-hybridized carbons (Fsp3) is 1.00. The Labute approximate surface area is 56.9 Å². The second kappa shape index (κ2) is 2.79. The molecule has 0 aromatic heterocycles. The Hall–Kier alpha value is -0.230. The maximum atomic E-state index is 12.5. The van der Waals surface area contributed by atoms with E-state index >= 15 is 0 Å². The van der Waals surface area contributed by atoms with Gasteiger partial charge in [0.25, 0.3) is 0 Å². The minimum Gasteiger partial charge on any atom is -0.394 e. The van der Waals surface area contributed by atoms with Crippen molar-refractivity contribution in [2.24, 2.45) is 0 Å². The predicted octanol–water partition coefficient (Wildman–Crippen LogP) is -1.61. The lowest BCUT2D eigenvalue weighted by Gasteiger charge is -2.06. The van der Waals surface area contributed by atoms with Crippen LogP contribution in [0.25, 0.3) is 0 Å². The molecule has 1 heterocycles. The zero-order valence-corrected chi connectivity index (χ0v) is 5.14. The van der Waals surface area contributed by atoms with Gasteiger partial charge in [0.1, 0.15) is 12.2 Å². The molecular formula is C5H9FO4. The van der Waals surface area contributed by atoms with E-state index in [9.17, 15) is 4.39 Å². The summed E-state index contributed by atoms with van der Waals surface area (Å²) in [4.78, 5) is 0. The van der Waals surface area contributed by atoms with Gasteiger partial charge in [-0.1, -0.05) is 0 Å². The minimum atomic E-state index is -1.69. The van der Waals surface area contributed by atoms with E-state index in [2.05, 4.69) is 4.74 Å². The number of halogens is 1. The molecule has 0 unspecified atom stereocenters. The van der Waals surface area contributed by atoms with Crippen LogP contribution in [0.4, 0.5) is 4.39 Å². The molecule has 0 amide bonds. The molecule has 1 rings (SSSR count). The molecule has 0 bridgehead atoms. The third-order valence-electron chi connectivity index (χ3n) is 1.47. The van der Waals surface area contributed by atoms with Gasteiger partial charge in [-0.15, -0.1) is 0 Å². The van der Waals surface area contributed by atoms with Crippen molar-refractivity contribution in [3.63, 3.8) is 0 Å². The maximum absolute atomic E-state index is 12.5. The lowest BCUT2D eigenvalue weighted by Crippen LogP contribution is -2.29. The molecule has 1 aliphatic heterocycles. The van der Waals surface area contributed by atoms with Crippen LogP contribution in [0.15, 0.2) is 0 Å². The normalized spacial score (nSPS) is 48.0. The molecule has 0 aromatic rings. The van der Waals surface area contributed by atoms with Crippen LogP contribution in [0.3, 0.4) is 0 Å². The molecule has 1 aliphatic rings. The lowest BCUT2D eigenvalue weighted by atomic mass is 10.2. The second-order valence-electron chi connectivity index (χ2n) is 2.18. The van der Waals surface area contributed by atoms with Crippen molar-refractivity contribution < 1.29 is 24.4 Å². The standard InChI is InChI=1S/C5H9FO4/c6-3-2(1-7)10-5(9)4(3)8/h2-5,7-9H,1H2/t2-,3+,4+,5-/m1/s1. The molecule has 0 radical (unpaired) electrons. The van der Waals surface area contributed by atoms with Crippen LogP contribution < -0.4 is 0 Å². The molecule has 60 valence electrons. The van der Waals surface area contributed by atoms with Crippen LogP contribution in [-0.4, -0.2) is 46.6 Å². The average molecular weight is 152 g/mol. The Morgan fingerprint density at radius 3 is 2.20 bits per heavy atom. The van der Waals surface area contributed by atoms with Crippen molar-refractivity contribution in [2.45, 2.75) is 24.7 Å². The highest BCUT2D eigenvalue weighted by molar-refractivity contribution is 4.85. The van der Waals surface area contributed by atoms with Gasteiger partial charge in [-0.25, -0.2) is 4.39 Å². The number of hydrogen-bond donors (Lipinski definition) is 3. The molecule has 3 N–H and O–H groups in total. The van der Waals surface area contributed by atoms with E-state index in [1.54, 1.807) is 0 Å². The third-order valence-corrected chi connectivity index (χ3v) is 1.47. The van der Waals surface area contributed by atoms with Gasteiger partial charge in [0, 0.05) is 0 Å². The van der Waals surface area contributed by atoms with Crippen molar-refractivity contribution >= 4 is 0 Å². The summed E-state index contributed by atoms with van der Waals surface area (Å²) in [7, 11) is 0. The van der Waals surface area contributed by atoms with Gasteiger partial charge in [-0.2, -0.15) is 0 Å². The molecule has 0 aromatic carbocycles. The van der Waals surface area contributed by atoms with Crippen LogP contribution in [0.1, 0.15) is 0 Å². The van der Waals surface area contributed by atoms with E-state index in [1.165, 1.54) is 0 Å². The van der Waals surface area contributed by atoms with E-state index in [0.717, 1.165) is 0 Å². The average Bonchev–Trinajstić information content (AvgIpc) is 2.17. The van der Waals surface area contributed by atoms with Crippen LogP contribution >= 0.6 is 0 Å². The molecule has 0 spiro atoms. The van der Waals surface area contributed by atoms with Crippen molar-refractivity contribution in [1.29, 1.82) is 0 Å². The number of hydrogen-bond acceptors (Lipinski definition) is 4. The number of rotatable bonds is 1. The fourth-order valence-electron chi connectivity index (χ4n) is 0.856. The lowest BCUT2D eigenvalue weighted by molar-refractivity contribution is -0.132. The van der Waals surface area contributed by atoms with Gasteiger partial charge in [0.15, 0.2) is 12.5 Å². The van der Waals surface area contributed by atoms with Crippen LogP contribution in [0.2, 0.25) is 0 Å². The maximum Gasteiger partial charge on any atom is 0.184 e. The molecule has 5 heteroatoms. The van der Waals surface area contributed by atoms with Gasteiger partial charge in [0.2, 0.25) is 0 Å². The second-order valence-corrected chi connectivity index (χ2v) is 2.18. The van der Waals surface area contributed by atoms with Gasteiger partial charge in [-0.3, -0.25) is 0 Å². The van der Waals surface area contributed by atoms with Gasteiger partial charge < -0.3 is 20.1 Å². The van der Waals surface area contributed by atoms with Gasteiger partial charge >= 0.3 is 0 Å². The first-order chi connectivity index (χ1) is 4.66. The summed E-state index contributed by atoms with van der Waals surface area (Å²) < 4.78 is 17.0. The molecule has 0 saturated carbocycles. The molecule has 10 heavy (non-hydrogen) atoms. The summed E-state index contributed by atoms with van der Waals surface area (Å²) in [6.45, 7) is -0.532. The fourth-order valence-corrected chi connectivity index (χ4v) is 0.856. The highest BCUT2D eigenvalue weighted by Crippen LogP contribution is 2.21. The van der Waals surface area contributed by atoms with Crippen LogP contribution in [-0.2, 0) is 4.74 Å². The Morgan fingerprint density at radius 1 is 1.40 bits per heavy atom. The largest absolute Gasteiger partial charge is 0.394 e. The van der Waals surface area contributed by atoms with E-state index in [1.807, 2.05) is 0 Å². The third kappa shape index (κ3) is 1.13. The van der Waals surface area contributed by atoms with E-state index in [4.69, 9.17) is 15.3 Å². The summed E-state index contributed by atoms with van der Waals surface area (Å²) in [5, 5.41) is 25.7. The zero-order chi connectivity index (χ0) is 7.72. The summed E-state index contributed by atoms with van der Waals surface area (Å²) in [5.41, 5.74) is 0. The first-order valence-electron chi connectivity index (χ1n) is 2.93. The van der Waals surface area contributed by atoms with Crippen LogP contribution in [0, 0.1) is 0 Å². The Kier molecular flexibility index (Phi) is 2.20. The van der Waals surface area contributed by atoms with Crippen LogP contribution in [0.5, 0.6) is 0 Å². The van der Waals surface area contributed by atoms with Crippen molar-refractivity contribution in [2.75, 3.05) is 6.61 Å². The van der Waals surface area contributed by atoms with Gasteiger partial charge in [0.05, 0.1) is 6.61 Å². The van der Waals surface area contributed by atoms with E-state index < -0.39 is 31.3 Å². The Balaban J connectivity index is 2.53. The molecule has 1 fully saturated rings. The molecule has 1 saturated heterocycles. The Morgan fingerprint density at radius 2 is 2.00 bits per heavy atom. The molecule has 0 aliphatic carbocycles. The summed E-state index contributed by atoms with van der Waals surface area (Å²) >= 11 is 0. The highest BCUT2D eigenvalue weighted by atomic mass is 19.1. The van der Waals surface area contributed by atoms with Crippen molar-refractivity contribution in [1.82, 2.24) is 0 Å². The van der Waals surface area contributed by atoms with E-state index in [0.29, 0.717) is 0 Å². The van der Waals surface area contributed by atoms with Crippen molar-refractivity contribution in [3.05, 3.63) is 0 Å². The van der Waals surface area contributed by atoms with Crippen molar-refractivity contribution in [3.8, 4) is 0 Å². The first-order valence-corrected chi connectivity index (χ1v) is 2.93. The topological polar surface area (TPSA) is 69.9 Å². The molecular weight excluding hydrogens is 143 g/mol. The number of aliphatic hydroxyl groups is 3.